The number of hydrogen-bond acceptors (Lipinski definition) is 4. The summed E-state index contributed by atoms with van der Waals surface area (Å²) >= 11 is 0. The fraction of sp³-hybridized carbons (Fsp3) is 0.348. The largest absolute Gasteiger partial charge is 0.467 e. The fourth-order valence-electron chi connectivity index (χ4n) is 2.99. The van der Waals surface area contributed by atoms with Crippen LogP contribution in [-0.2, 0) is 25.5 Å². The van der Waals surface area contributed by atoms with E-state index in [1.54, 1.807) is 0 Å². The van der Waals surface area contributed by atoms with Crippen molar-refractivity contribution in [2.75, 3.05) is 12.4 Å². The molecule has 154 valence electrons. The van der Waals surface area contributed by atoms with Crippen LogP contribution in [0.25, 0.3) is 0 Å². The number of amides is 2. The molecule has 2 aromatic carbocycles. The number of rotatable bonds is 9. The molecule has 0 spiro atoms. The van der Waals surface area contributed by atoms with Gasteiger partial charge in [0.1, 0.15) is 6.04 Å². The van der Waals surface area contributed by atoms with E-state index in [4.69, 9.17) is 4.74 Å². The Morgan fingerprint density at radius 2 is 1.55 bits per heavy atom. The zero-order valence-electron chi connectivity index (χ0n) is 17.1. The molecule has 29 heavy (non-hydrogen) atoms. The summed E-state index contributed by atoms with van der Waals surface area (Å²) in [6, 6.07) is 16.2. The van der Waals surface area contributed by atoms with Crippen molar-refractivity contribution >= 4 is 23.5 Å². The Morgan fingerprint density at radius 1 is 0.931 bits per heavy atom. The van der Waals surface area contributed by atoms with Gasteiger partial charge in [-0.1, -0.05) is 55.0 Å². The first-order chi connectivity index (χ1) is 13.9. The zero-order chi connectivity index (χ0) is 21.2. The predicted molar refractivity (Wildman–Crippen MR) is 112 cm³/mol. The molecule has 0 aliphatic rings. The summed E-state index contributed by atoms with van der Waals surface area (Å²) in [4.78, 5) is 36.6. The number of hydrogen-bond donors (Lipinski definition) is 2. The number of ether oxygens (including phenoxy) is 1. The SMILES string of the molecule is COC(=O)[C@@H](Cc1ccccc1)NC(=O)C[C@H](C)CC(=O)Nc1ccc(C)cc1. The van der Waals surface area contributed by atoms with Crippen molar-refractivity contribution in [3.63, 3.8) is 0 Å². The average molecular weight is 396 g/mol. The van der Waals surface area contributed by atoms with Crippen molar-refractivity contribution in [3.05, 3.63) is 65.7 Å². The highest BCUT2D eigenvalue weighted by Crippen LogP contribution is 2.13. The van der Waals surface area contributed by atoms with Crippen LogP contribution < -0.4 is 10.6 Å². The second-order valence-corrected chi connectivity index (χ2v) is 7.26. The van der Waals surface area contributed by atoms with Crippen LogP contribution in [0, 0.1) is 12.8 Å². The molecule has 0 aliphatic heterocycles. The van der Waals surface area contributed by atoms with E-state index in [0.29, 0.717) is 6.42 Å². The number of carbonyl (C=O) groups is 3. The quantitative estimate of drug-likeness (QED) is 0.637. The van der Waals surface area contributed by atoms with Crippen molar-refractivity contribution < 1.29 is 19.1 Å². The smallest absolute Gasteiger partial charge is 0.328 e. The monoisotopic (exact) mass is 396 g/mol. The summed E-state index contributed by atoms with van der Waals surface area (Å²) in [7, 11) is 1.30. The van der Waals surface area contributed by atoms with Crippen LogP contribution in [0.4, 0.5) is 5.69 Å². The number of aryl methyl sites for hydroxylation is 1. The van der Waals surface area contributed by atoms with Gasteiger partial charge in [0.2, 0.25) is 11.8 Å². The highest BCUT2D eigenvalue weighted by molar-refractivity contribution is 5.91. The van der Waals surface area contributed by atoms with E-state index in [9.17, 15) is 14.4 Å². The second-order valence-electron chi connectivity index (χ2n) is 7.26. The van der Waals surface area contributed by atoms with E-state index in [2.05, 4.69) is 10.6 Å². The maximum Gasteiger partial charge on any atom is 0.328 e. The molecule has 2 atom stereocenters. The minimum Gasteiger partial charge on any atom is -0.467 e. The van der Waals surface area contributed by atoms with Crippen LogP contribution in [-0.4, -0.2) is 30.9 Å². The van der Waals surface area contributed by atoms with Gasteiger partial charge in [0, 0.05) is 24.9 Å². The molecule has 6 heteroatoms. The van der Waals surface area contributed by atoms with Gasteiger partial charge in [-0.25, -0.2) is 4.79 Å². The topological polar surface area (TPSA) is 84.5 Å². The third-order valence-electron chi connectivity index (χ3n) is 4.51. The minimum absolute atomic E-state index is 0.142. The number of methoxy groups -OCH3 is 1. The molecule has 6 nitrogen and oxygen atoms in total. The lowest BCUT2D eigenvalue weighted by molar-refractivity contribution is -0.145. The standard InChI is InChI=1S/C23H28N2O4/c1-16-9-11-19(12-10-16)24-21(26)13-17(2)14-22(27)25-20(23(28)29-3)15-18-7-5-4-6-8-18/h4-12,17,20H,13-15H2,1-3H3,(H,24,26)(H,25,27)/t17-,20-/m1/s1. The lowest BCUT2D eigenvalue weighted by Gasteiger charge is -2.18. The number of anilines is 1. The molecule has 0 fully saturated rings. The van der Waals surface area contributed by atoms with E-state index >= 15 is 0 Å². The van der Waals surface area contributed by atoms with E-state index < -0.39 is 12.0 Å². The molecular formula is C23H28N2O4. The van der Waals surface area contributed by atoms with Crippen LogP contribution >= 0.6 is 0 Å². The number of esters is 1. The van der Waals surface area contributed by atoms with Gasteiger partial charge in [0.15, 0.2) is 0 Å². The number of carbonyl (C=O) groups excluding carboxylic acids is 3. The molecule has 0 unspecified atom stereocenters. The molecule has 0 saturated carbocycles. The highest BCUT2D eigenvalue weighted by atomic mass is 16.5. The van der Waals surface area contributed by atoms with E-state index in [1.165, 1.54) is 7.11 Å². The third kappa shape index (κ3) is 7.78. The summed E-state index contributed by atoms with van der Waals surface area (Å²) in [6.07, 6.45) is 0.702. The van der Waals surface area contributed by atoms with E-state index in [0.717, 1.165) is 16.8 Å². The molecule has 0 heterocycles. The number of nitrogens with one attached hydrogen (secondary N) is 2. The molecule has 0 radical (unpaired) electrons. The van der Waals surface area contributed by atoms with Crippen LogP contribution in [0.15, 0.2) is 54.6 Å². The summed E-state index contributed by atoms with van der Waals surface area (Å²) in [5.41, 5.74) is 2.77. The maximum atomic E-state index is 12.4. The Labute approximate surface area is 171 Å². The first kappa shape index (κ1) is 22.1. The Kier molecular flexibility index (Phi) is 8.40. The third-order valence-corrected chi connectivity index (χ3v) is 4.51. The molecule has 0 aromatic heterocycles. The van der Waals surface area contributed by atoms with E-state index in [1.807, 2.05) is 68.4 Å². The van der Waals surface area contributed by atoms with E-state index in [-0.39, 0.29) is 30.6 Å². The van der Waals surface area contributed by atoms with Gasteiger partial charge in [-0.15, -0.1) is 0 Å². The Hall–Kier alpha value is -3.15. The van der Waals surface area contributed by atoms with Crippen molar-refractivity contribution in [1.29, 1.82) is 0 Å². The molecule has 2 amide bonds. The number of benzene rings is 2. The van der Waals surface area contributed by atoms with Crippen molar-refractivity contribution in [2.45, 2.75) is 39.2 Å². The molecular weight excluding hydrogens is 368 g/mol. The van der Waals surface area contributed by atoms with Crippen LogP contribution in [0.5, 0.6) is 0 Å². The molecule has 0 saturated heterocycles. The summed E-state index contributed by atoms with van der Waals surface area (Å²) < 4.78 is 4.81. The van der Waals surface area contributed by atoms with Gasteiger partial charge in [-0.3, -0.25) is 9.59 Å². The van der Waals surface area contributed by atoms with Gasteiger partial charge in [0.25, 0.3) is 0 Å². The Bertz CT molecular complexity index is 819. The maximum absolute atomic E-state index is 12.4. The van der Waals surface area contributed by atoms with Crippen molar-refractivity contribution in [3.8, 4) is 0 Å². The van der Waals surface area contributed by atoms with Crippen LogP contribution in [0.3, 0.4) is 0 Å². The summed E-state index contributed by atoms with van der Waals surface area (Å²) in [6.45, 7) is 3.81. The lowest BCUT2D eigenvalue weighted by Crippen LogP contribution is -2.43. The molecule has 0 aliphatic carbocycles. The summed E-state index contributed by atoms with van der Waals surface area (Å²) in [5, 5.41) is 5.56. The molecule has 0 bridgehead atoms. The van der Waals surface area contributed by atoms with Crippen molar-refractivity contribution in [1.82, 2.24) is 5.32 Å². The van der Waals surface area contributed by atoms with Gasteiger partial charge < -0.3 is 15.4 Å². The minimum atomic E-state index is -0.761. The Balaban J connectivity index is 1.85. The van der Waals surface area contributed by atoms with Crippen LogP contribution in [0.2, 0.25) is 0 Å². The fourth-order valence-corrected chi connectivity index (χ4v) is 2.99. The van der Waals surface area contributed by atoms with Gasteiger partial charge in [0.05, 0.1) is 7.11 Å². The highest BCUT2D eigenvalue weighted by Gasteiger charge is 2.23. The van der Waals surface area contributed by atoms with Gasteiger partial charge in [-0.05, 0) is 30.5 Å². The zero-order valence-corrected chi connectivity index (χ0v) is 17.1. The molecule has 2 aromatic rings. The molecule has 2 N–H and O–H groups in total. The van der Waals surface area contributed by atoms with Crippen molar-refractivity contribution in [2.24, 2.45) is 5.92 Å². The first-order valence-corrected chi connectivity index (χ1v) is 9.65. The predicted octanol–water partition coefficient (Wildman–Crippen LogP) is 3.25. The van der Waals surface area contributed by atoms with Gasteiger partial charge >= 0.3 is 5.97 Å². The Morgan fingerprint density at radius 3 is 2.17 bits per heavy atom. The normalized spacial score (nSPS) is 12.5. The van der Waals surface area contributed by atoms with Gasteiger partial charge in [-0.2, -0.15) is 0 Å². The first-order valence-electron chi connectivity index (χ1n) is 9.65. The second kappa shape index (κ2) is 11.0. The lowest BCUT2D eigenvalue weighted by atomic mass is 10.0. The molecule has 2 rings (SSSR count). The average Bonchev–Trinajstić information content (AvgIpc) is 2.69. The van der Waals surface area contributed by atoms with Crippen LogP contribution in [0.1, 0.15) is 30.9 Å². The summed E-state index contributed by atoms with van der Waals surface area (Å²) in [5.74, 6) is -1.10.